The second kappa shape index (κ2) is 11.4. The van der Waals surface area contributed by atoms with E-state index in [9.17, 15) is 30.7 Å². The van der Waals surface area contributed by atoms with Gasteiger partial charge in [-0.25, -0.2) is 0 Å². The molecular formula is C28H32NO10S2+. The zero-order valence-electron chi connectivity index (χ0n) is 22.8. The summed E-state index contributed by atoms with van der Waals surface area (Å²) in [7, 11) is -7.09. The molecule has 1 aliphatic heterocycles. The number of carbonyl (C=O) groups is 1. The van der Waals surface area contributed by atoms with E-state index in [1.807, 2.05) is 37.6 Å². The van der Waals surface area contributed by atoms with Crippen LogP contribution in [0.25, 0.3) is 6.08 Å². The van der Waals surface area contributed by atoms with Gasteiger partial charge in [0.1, 0.15) is 29.2 Å². The lowest BCUT2D eigenvalue weighted by molar-refractivity contribution is -0.406. The normalized spacial score (nSPS) is 17.4. The van der Waals surface area contributed by atoms with Gasteiger partial charge in [0.25, 0.3) is 20.2 Å². The van der Waals surface area contributed by atoms with E-state index in [4.69, 9.17) is 14.6 Å². The summed E-state index contributed by atoms with van der Waals surface area (Å²) in [5, 5.41) is 8.76. The molecule has 13 heteroatoms. The first-order chi connectivity index (χ1) is 19.1. The number of benzene rings is 2. The van der Waals surface area contributed by atoms with E-state index in [0.717, 1.165) is 11.3 Å². The van der Waals surface area contributed by atoms with Gasteiger partial charge < -0.3 is 14.6 Å². The van der Waals surface area contributed by atoms with Gasteiger partial charge >= 0.3 is 5.97 Å². The Labute approximate surface area is 238 Å². The van der Waals surface area contributed by atoms with Crippen LogP contribution in [0.15, 0.2) is 63.6 Å². The first kappa shape index (κ1) is 30.4. The highest BCUT2D eigenvalue weighted by atomic mass is 32.2. The molecular weight excluding hydrogens is 574 g/mol. The summed E-state index contributed by atoms with van der Waals surface area (Å²) in [4.78, 5) is 10.1. The average Bonchev–Trinajstić information content (AvgIpc) is 2.87. The fourth-order valence-electron chi connectivity index (χ4n) is 4.82. The van der Waals surface area contributed by atoms with Crippen molar-refractivity contribution in [2.45, 2.75) is 55.7 Å². The lowest BCUT2D eigenvalue weighted by atomic mass is 9.73. The first-order valence-corrected chi connectivity index (χ1v) is 15.7. The predicted octanol–water partition coefficient (Wildman–Crippen LogP) is 4.71. The fourth-order valence-corrected chi connectivity index (χ4v) is 5.95. The molecule has 0 atom stereocenters. The van der Waals surface area contributed by atoms with Crippen molar-refractivity contribution in [1.29, 1.82) is 0 Å². The number of aliphatic carboxylic acids is 1. The van der Waals surface area contributed by atoms with Crippen LogP contribution in [-0.4, -0.2) is 61.0 Å². The number of ether oxygens (including phenoxy) is 2. The van der Waals surface area contributed by atoms with Crippen LogP contribution in [0.5, 0.6) is 11.5 Å². The highest BCUT2D eigenvalue weighted by Gasteiger charge is 2.39. The summed E-state index contributed by atoms with van der Waals surface area (Å²) < 4.78 is 80.1. The van der Waals surface area contributed by atoms with E-state index in [1.54, 1.807) is 12.1 Å². The van der Waals surface area contributed by atoms with E-state index < -0.39 is 31.6 Å². The number of carboxylic acids is 1. The van der Waals surface area contributed by atoms with Crippen LogP contribution in [0.3, 0.4) is 0 Å². The molecule has 0 saturated heterocycles. The number of unbranched alkanes of at least 4 members (excludes halogenated alkanes) is 2. The van der Waals surface area contributed by atoms with Gasteiger partial charge in [-0.15, -0.1) is 0 Å². The van der Waals surface area contributed by atoms with Gasteiger partial charge in [0.15, 0.2) is 5.71 Å². The number of hydrogen-bond acceptors (Lipinski definition) is 7. The molecule has 0 fully saturated rings. The van der Waals surface area contributed by atoms with Gasteiger partial charge in [0.05, 0.1) is 11.5 Å². The number of nitrogens with zero attached hydrogens (tertiary/aromatic N) is 1. The average molecular weight is 607 g/mol. The zero-order chi connectivity index (χ0) is 30.2. The summed E-state index contributed by atoms with van der Waals surface area (Å²) in [6.07, 6.45) is 5.83. The topological polar surface area (TPSA) is 168 Å². The Bertz CT molecular complexity index is 1680. The minimum atomic E-state index is -4.61. The Balaban J connectivity index is 1.67. The van der Waals surface area contributed by atoms with E-state index in [0.29, 0.717) is 48.4 Å². The molecule has 3 N–H and O–H groups in total. The van der Waals surface area contributed by atoms with Gasteiger partial charge in [-0.3, -0.25) is 13.9 Å². The van der Waals surface area contributed by atoms with Crippen LogP contribution >= 0.6 is 0 Å². The molecule has 0 unspecified atom stereocenters. The number of carboxylic acid groups (broad SMARTS) is 1. The Morgan fingerprint density at radius 3 is 2.29 bits per heavy atom. The third-order valence-electron chi connectivity index (χ3n) is 7.03. The molecule has 2 aromatic carbocycles. The number of rotatable bonds is 10. The zero-order valence-corrected chi connectivity index (χ0v) is 24.5. The van der Waals surface area contributed by atoms with E-state index in [-0.39, 0.29) is 28.6 Å². The van der Waals surface area contributed by atoms with Crippen molar-refractivity contribution in [2.75, 3.05) is 13.7 Å². The molecule has 1 heterocycles. The fraction of sp³-hybridized carbons (Fsp3) is 0.357. The Morgan fingerprint density at radius 1 is 1.00 bits per heavy atom. The Hall–Kier alpha value is -3.52. The van der Waals surface area contributed by atoms with Crippen molar-refractivity contribution in [3.05, 3.63) is 59.4 Å². The number of fused-ring (bicyclic) bond motifs is 2. The first-order valence-electron chi connectivity index (χ1n) is 12.9. The van der Waals surface area contributed by atoms with Gasteiger partial charge in [0.2, 0.25) is 5.69 Å². The monoisotopic (exact) mass is 606 g/mol. The number of hydrogen-bond donors (Lipinski definition) is 3. The van der Waals surface area contributed by atoms with E-state index in [1.165, 1.54) is 24.3 Å². The van der Waals surface area contributed by atoms with Crippen LogP contribution in [0.2, 0.25) is 0 Å². The molecule has 41 heavy (non-hydrogen) atoms. The molecule has 11 nitrogen and oxygen atoms in total. The lowest BCUT2D eigenvalue weighted by Gasteiger charge is -2.35. The minimum absolute atomic E-state index is 0.0349. The number of allylic oxidation sites excluding steroid dienone is 2. The van der Waals surface area contributed by atoms with Gasteiger partial charge in [0, 0.05) is 53.7 Å². The molecule has 4 rings (SSSR count). The highest BCUT2D eigenvalue weighted by molar-refractivity contribution is 7.86. The van der Waals surface area contributed by atoms with Crippen LogP contribution in [-0.2, 0) is 25.0 Å². The molecule has 1 aliphatic carbocycles. The minimum Gasteiger partial charge on any atom is -0.492 e. The summed E-state index contributed by atoms with van der Waals surface area (Å²) in [5.74, 6) is -0.0761. The van der Waals surface area contributed by atoms with Crippen LogP contribution < -0.4 is 9.47 Å². The molecule has 0 amide bonds. The lowest BCUT2D eigenvalue weighted by Crippen LogP contribution is -2.31. The summed E-state index contributed by atoms with van der Waals surface area (Å²) in [6.45, 7) is 4.15. The maximum Gasteiger partial charge on any atom is 0.303 e. The third kappa shape index (κ3) is 7.04. The molecule has 0 spiro atoms. The van der Waals surface area contributed by atoms with Crippen molar-refractivity contribution in [3.8, 4) is 11.5 Å². The quantitative estimate of drug-likeness (QED) is 0.196. The molecule has 2 aromatic rings. The van der Waals surface area contributed by atoms with Crippen LogP contribution in [0.4, 0.5) is 5.69 Å². The second-order valence-corrected chi connectivity index (χ2v) is 13.4. The van der Waals surface area contributed by atoms with Gasteiger partial charge in [-0.2, -0.15) is 21.4 Å². The Morgan fingerprint density at radius 2 is 1.68 bits per heavy atom. The molecule has 0 radical (unpaired) electrons. The molecule has 0 aromatic heterocycles. The Kier molecular flexibility index (Phi) is 8.46. The second-order valence-electron chi connectivity index (χ2n) is 10.6. The van der Waals surface area contributed by atoms with Crippen LogP contribution in [0.1, 0.15) is 51.5 Å². The standard InChI is InChI=1S/C28H31NO10S2/c1-28(2)17-20(29(3)19-8-10-21(11-9-19)40(32,33)34)15-24-22(28)13-18-14-26(41(35,36)37)25(16-23(18)39-24)38-12-6-4-5-7-27(30)31/h8-11,13-16H,4-7,12,17H2,1-3H3,(H2-,30,31,32,33,34,35,36,37)/p+1. The largest absolute Gasteiger partial charge is 0.492 e. The van der Waals surface area contributed by atoms with Crippen LogP contribution in [0, 0.1) is 5.41 Å². The summed E-state index contributed by atoms with van der Waals surface area (Å²) in [6, 6.07) is 8.55. The molecule has 220 valence electrons. The van der Waals surface area contributed by atoms with Crippen molar-refractivity contribution < 1.29 is 49.9 Å². The van der Waals surface area contributed by atoms with Gasteiger partial charge in [-0.05, 0) is 43.5 Å². The van der Waals surface area contributed by atoms with Crippen molar-refractivity contribution in [2.24, 2.45) is 5.41 Å². The maximum absolute atomic E-state index is 12.2. The van der Waals surface area contributed by atoms with Crippen molar-refractivity contribution in [1.82, 2.24) is 0 Å². The van der Waals surface area contributed by atoms with Crippen molar-refractivity contribution >= 4 is 43.7 Å². The third-order valence-corrected chi connectivity index (χ3v) is 8.78. The molecule has 0 saturated carbocycles. The molecule has 0 bridgehead atoms. The van der Waals surface area contributed by atoms with Crippen molar-refractivity contribution in [3.63, 3.8) is 0 Å². The summed E-state index contributed by atoms with van der Waals surface area (Å²) >= 11 is 0. The van der Waals surface area contributed by atoms with Gasteiger partial charge in [-0.1, -0.05) is 13.8 Å². The predicted molar refractivity (Wildman–Crippen MR) is 150 cm³/mol. The van der Waals surface area contributed by atoms with E-state index >= 15 is 0 Å². The summed E-state index contributed by atoms with van der Waals surface area (Å²) in [5.41, 5.74) is 2.42. The maximum atomic E-state index is 12.2. The van der Waals surface area contributed by atoms with E-state index in [2.05, 4.69) is 0 Å². The highest BCUT2D eigenvalue weighted by Crippen LogP contribution is 2.47. The molecule has 2 aliphatic rings. The SMILES string of the molecule is C[N+](=C1C=C2Oc3cc(OCCCCCC(=O)O)c(S(=O)(=O)O)cc3C=C2C(C)(C)C1)c1ccc(S(=O)(=O)O)cc1. The smallest absolute Gasteiger partial charge is 0.303 e.